The first-order valence-electron chi connectivity index (χ1n) is 5.43. The highest BCUT2D eigenvalue weighted by Crippen LogP contribution is 2.24. The minimum Gasteiger partial charge on any atom is -0.490 e. The second-order valence-corrected chi connectivity index (χ2v) is 5.16. The van der Waals surface area contributed by atoms with Crippen molar-refractivity contribution in [2.75, 3.05) is 7.05 Å². The minimum absolute atomic E-state index is 0.00558. The van der Waals surface area contributed by atoms with E-state index in [2.05, 4.69) is 26.6 Å². The summed E-state index contributed by atoms with van der Waals surface area (Å²) in [6, 6.07) is 5.28. The van der Waals surface area contributed by atoms with Gasteiger partial charge in [0.25, 0.3) is 5.91 Å². The summed E-state index contributed by atoms with van der Waals surface area (Å²) in [6.07, 6.45) is -0.00558. The fourth-order valence-corrected chi connectivity index (χ4v) is 1.72. The normalized spacial score (nSPS) is 10.1. The van der Waals surface area contributed by atoms with Gasteiger partial charge in [0.15, 0.2) is 5.11 Å². The molecule has 0 saturated carbocycles. The maximum absolute atomic E-state index is 12.0. The predicted molar refractivity (Wildman–Crippen MR) is 79.0 cm³/mol. The van der Waals surface area contributed by atoms with Crippen molar-refractivity contribution in [2.24, 2.45) is 0 Å². The van der Waals surface area contributed by atoms with Crippen molar-refractivity contribution in [1.82, 2.24) is 10.6 Å². The third-order valence-electron chi connectivity index (χ3n) is 2.00. The molecule has 98 valence electrons. The second kappa shape index (κ2) is 6.70. The van der Waals surface area contributed by atoms with Gasteiger partial charge in [-0.25, -0.2) is 0 Å². The van der Waals surface area contributed by atoms with Gasteiger partial charge in [-0.3, -0.25) is 10.1 Å². The molecule has 0 fully saturated rings. The number of carbonyl (C=O) groups is 1. The summed E-state index contributed by atoms with van der Waals surface area (Å²) in [7, 11) is 1.65. The van der Waals surface area contributed by atoms with Crippen LogP contribution in [0.3, 0.4) is 0 Å². The molecule has 0 heterocycles. The number of rotatable bonds is 3. The first-order valence-corrected chi connectivity index (χ1v) is 6.63. The van der Waals surface area contributed by atoms with E-state index in [4.69, 9.17) is 17.0 Å². The van der Waals surface area contributed by atoms with Crippen molar-refractivity contribution in [3.63, 3.8) is 0 Å². The number of halogens is 1. The molecule has 1 aromatic carbocycles. The number of carbonyl (C=O) groups excluding carboxylic acids is 1. The molecular formula is C12H15BrN2O2S. The quantitative estimate of drug-likeness (QED) is 0.836. The SMILES string of the molecule is CNC(=S)NC(=O)c1cc(Br)ccc1OC(C)C. The molecule has 0 aromatic heterocycles. The fourth-order valence-electron chi connectivity index (χ4n) is 1.27. The van der Waals surface area contributed by atoms with Crippen LogP contribution in [0.2, 0.25) is 0 Å². The molecular weight excluding hydrogens is 316 g/mol. The molecule has 0 bridgehead atoms. The Morgan fingerprint density at radius 1 is 1.44 bits per heavy atom. The summed E-state index contributed by atoms with van der Waals surface area (Å²) in [4.78, 5) is 12.0. The highest BCUT2D eigenvalue weighted by molar-refractivity contribution is 9.10. The second-order valence-electron chi connectivity index (χ2n) is 3.84. The molecule has 0 aliphatic heterocycles. The van der Waals surface area contributed by atoms with E-state index in [9.17, 15) is 4.79 Å². The van der Waals surface area contributed by atoms with E-state index in [0.29, 0.717) is 11.3 Å². The molecule has 0 radical (unpaired) electrons. The van der Waals surface area contributed by atoms with Crippen molar-refractivity contribution in [2.45, 2.75) is 20.0 Å². The van der Waals surface area contributed by atoms with Crippen LogP contribution < -0.4 is 15.4 Å². The van der Waals surface area contributed by atoms with Crippen LogP contribution in [0.4, 0.5) is 0 Å². The first-order chi connectivity index (χ1) is 8.43. The van der Waals surface area contributed by atoms with Gasteiger partial charge in [-0.2, -0.15) is 0 Å². The molecule has 0 atom stereocenters. The summed E-state index contributed by atoms with van der Waals surface area (Å²) >= 11 is 8.23. The van der Waals surface area contributed by atoms with Gasteiger partial charge in [0.2, 0.25) is 0 Å². The van der Waals surface area contributed by atoms with Gasteiger partial charge >= 0.3 is 0 Å². The highest BCUT2D eigenvalue weighted by atomic mass is 79.9. The van der Waals surface area contributed by atoms with E-state index in [1.165, 1.54) is 0 Å². The number of thiocarbonyl (C=S) groups is 1. The summed E-state index contributed by atoms with van der Waals surface area (Å²) in [5.41, 5.74) is 0.440. The maximum atomic E-state index is 12.0. The van der Waals surface area contributed by atoms with E-state index in [-0.39, 0.29) is 17.1 Å². The van der Waals surface area contributed by atoms with E-state index < -0.39 is 0 Å². The monoisotopic (exact) mass is 330 g/mol. The highest BCUT2D eigenvalue weighted by Gasteiger charge is 2.15. The van der Waals surface area contributed by atoms with Crippen LogP contribution in [-0.4, -0.2) is 24.2 Å². The Balaban J connectivity index is 3.00. The van der Waals surface area contributed by atoms with E-state index in [1.807, 2.05) is 19.9 Å². The molecule has 0 aliphatic rings. The Labute approximate surface area is 120 Å². The lowest BCUT2D eigenvalue weighted by Gasteiger charge is -2.14. The Kier molecular flexibility index (Phi) is 5.55. The summed E-state index contributed by atoms with van der Waals surface area (Å²) < 4.78 is 6.40. The van der Waals surface area contributed by atoms with Crippen LogP contribution in [0.5, 0.6) is 5.75 Å². The third kappa shape index (κ3) is 4.27. The molecule has 6 heteroatoms. The molecule has 1 aromatic rings. The van der Waals surface area contributed by atoms with Crippen LogP contribution in [0.1, 0.15) is 24.2 Å². The topological polar surface area (TPSA) is 50.4 Å². The molecule has 0 aliphatic carbocycles. The third-order valence-corrected chi connectivity index (χ3v) is 2.80. The van der Waals surface area contributed by atoms with E-state index in [0.717, 1.165) is 4.47 Å². The smallest absolute Gasteiger partial charge is 0.261 e. The van der Waals surface area contributed by atoms with Gasteiger partial charge in [-0.1, -0.05) is 15.9 Å². The van der Waals surface area contributed by atoms with Crippen molar-refractivity contribution in [1.29, 1.82) is 0 Å². The number of hydrogen-bond acceptors (Lipinski definition) is 3. The van der Waals surface area contributed by atoms with E-state index in [1.54, 1.807) is 19.2 Å². The van der Waals surface area contributed by atoms with Crippen molar-refractivity contribution in [3.8, 4) is 5.75 Å². The lowest BCUT2D eigenvalue weighted by molar-refractivity contribution is 0.0971. The van der Waals surface area contributed by atoms with Gasteiger partial charge in [-0.15, -0.1) is 0 Å². The molecule has 18 heavy (non-hydrogen) atoms. The summed E-state index contributed by atoms with van der Waals surface area (Å²) in [5.74, 6) is 0.232. The Bertz CT molecular complexity index is 463. The lowest BCUT2D eigenvalue weighted by atomic mass is 10.2. The predicted octanol–water partition coefficient (Wildman–Crippen LogP) is 2.47. The summed E-state index contributed by atoms with van der Waals surface area (Å²) in [6.45, 7) is 3.81. The first kappa shape index (κ1) is 14.9. The van der Waals surface area contributed by atoms with Gasteiger partial charge in [0.1, 0.15) is 5.75 Å². The zero-order valence-electron chi connectivity index (χ0n) is 10.4. The average molecular weight is 331 g/mol. The number of amides is 1. The molecule has 4 nitrogen and oxygen atoms in total. The fraction of sp³-hybridized carbons (Fsp3) is 0.333. The Morgan fingerprint density at radius 2 is 2.11 bits per heavy atom. The van der Waals surface area contributed by atoms with Crippen LogP contribution >= 0.6 is 28.1 Å². The zero-order valence-corrected chi connectivity index (χ0v) is 12.8. The maximum Gasteiger partial charge on any atom is 0.261 e. The summed E-state index contributed by atoms with van der Waals surface area (Å²) in [5, 5.41) is 5.53. The van der Waals surface area contributed by atoms with Crippen molar-refractivity contribution in [3.05, 3.63) is 28.2 Å². The van der Waals surface area contributed by atoms with Crippen molar-refractivity contribution < 1.29 is 9.53 Å². The van der Waals surface area contributed by atoms with Gasteiger partial charge in [-0.05, 0) is 44.3 Å². The Hall–Kier alpha value is -1.14. The van der Waals surface area contributed by atoms with Crippen molar-refractivity contribution >= 4 is 39.2 Å². The van der Waals surface area contributed by atoms with Crippen LogP contribution in [0.25, 0.3) is 0 Å². The lowest BCUT2D eigenvalue weighted by Crippen LogP contribution is -2.37. The largest absolute Gasteiger partial charge is 0.490 e. The molecule has 0 spiro atoms. The molecule has 0 saturated heterocycles. The van der Waals surface area contributed by atoms with Gasteiger partial charge in [0.05, 0.1) is 11.7 Å². The molecule has 1 amide bonds. The van der Waals surface area contributed by atoms with Gasteiger partial charge in [0, 0.05) is 11.5 Å². The molecule has 0 unspecified atom stereocenters. The van der Waals surface area contributed by atoms with E-state index >= 15 is 0 Å². The standard InChI is InChI=1S/C12H15BrN2O2S/c1-7(2)17-10-5-4-8(13)6-9(10)11(16)15-12(18)14-3/h4-7H,1-3H3,(H2,14,15,16,18). The van der Waals surface area contributed by atoms with Crippen LogP contribution in [-0.2, 0) is 0 Å². The van der Waals surface area contributed by atoms with Crippen LogP contribution in [0, 0.1) is 0 Å². The zero-order chi connectivity index (χ0) is 13.7. The number of benzene rings is 1. The number of hydrogen-bond donors (Lipinski definition) is 2. The Morgan fingerprint density at radius 3 is 2.67 bits per heavy atom. The van der Waals surface area contributed by atoms with Gasteiger partial charge < -0.3 is 10.1 Å². The minimum atomic E-state index is -0.300. The average Bonchev–Trinajstić information content (AvgIpc) is 2.30. The molecule has 2 N–H and O–H groups in total. The number of ether oxygens (including phenoxy) is 1. The van der Waals surface area contributed by atoms with Crippen LogP contribution in [0.15, 0.2) is 22.7 Å². The molecule has 1 rings (SSSR count). The number of nitrogens with one attached hydrogen (secondary N) is 2.